The van der Waals surface area contributed by atoms with Gasteiger partial charge in [0.2, 0.25) is 11.9 Å². The second-order valence-electron chi connectivity index (χ2n) is 6.10. The standard InChI is InChI=1S/C19H15N7O/c1-11-15(17(21)27)16(13-4-2-12(10-20)3-5-13)26-19(23-11)24-18(25-26)14-6-8-22-9-7-14/h2-9,16H,1H3,(H2,21,27)(H,23,24,25). The number of pyridine rings is 1. The fourth-order valence-electron chi connectivity index (χ4n) is 3.14. The molecule has 0 fully saturated rings. The number of hydrogen-bond donors (Lipinski definition) is 2. The van der Waals surface area contributed by atoms with Crippen LogP contribution in [0.2, 0.25) is 0 Å². The first-order chi connectivity index (χ1) is 13.1. The van der Waals surface area contributed by atoms with Gasteiger partial charge in [0.05, 0.1) is 17.2 Å². The van der Waals surface area contributed by atoms with E-state index in [1.54, 1.807) is 48.3 Å². The summed E-state index contributed by atoms with van der Waals surface area (Å²) in [6.07, 6.45) is 3.33. The average Bonchev–Trinajstić information content (AvgIpc) is 3.11. The third kappa shape index (κ3) is 2.81. The highest BCUT2D eigenvalue weighted by Gasteiger charge is 2.33. The third-order valence-corrected chi connectivity index (χ3v) is 4.41. The Hall–Kier alpha value is -3.99. The van der Waals surface area contributed by atoms with E-state index >= 15 is 0 Å². The van der Waals surface area contributed by atoms with Gasteiger partial charge in [-0.1, -0.05) is 12.1 Å². The number of nitrogens with zero attached hydrogens (tertiary/aromatic N) is 5. The number of anilines is 1. The van der Waals surface area contributed by atoms with Crippen molar-refractivity contribution in [2.24, 2.45) is 5.73 Å². The highest BCUT2D eigenvalue weighted by Crippen LogP contribution is 2.35. The van der Waals surface area contributed by atoms with E-state index in [4.69, 9.17) is 11.0 Å². The molecule has 0 aliphatic carbocycles. The molecule has 27 heavy (non-hydrogen) atoms. The number of nitrogens with two attached hydrogens (primary N) is 1. The van der Waals surface area contributed by atoms with Crippen LogP contribution in [-0.2, 0) is 4.79 Å². The van der Waals surface area contributed by atoms with Crippen molar-refractivity contribution >= 4 is 11.9 Å². The Kier molecular flexibility index (Phi) is 3.90. The molecule has 0 saturated heterocycles. The van der Waals surface area contributed by atoms with Crippen molar-refractivity contribution in [3.8, 4) is 17.5 Å². The van der Waals surface area contributed by atoms with Gasteiger partial charge in [-0.2, -0.15) is 10.2 Å². The number of carbonyl (C=O) groups excluding carboxylic acids is 1. The molecule has 0 bridgehead atoms. The molecule has 1 amide bonds. The molecule has 2 aromatic heterocycles. The molecule has 0 spiro atoms. The van der Waals surface area contributed by atoms with Crippen LogP contribution >= 0.6 is 0 Å². The molecule has 8 nitrogen and oxygen atoms in total. The molecule has 1 unspecified atom stereocenters. The van der Waals surface area contributed by atoms with Crippen LogP contribution in [-0.4, -0.2) is 25.7 Å². The van der Waals surface area contributed by atoms with Gasteiger partial charge in [0, 0.05) is 23.7 Å². The predicted octanol–water partition coefficient (Wildman–Crippen LogP) is 1.99. The summed E-state index contributed by atoms with van der Waals surface area (Å²) in [6, 6.07) is 12.2. The van der Waals surface area contributed by atoms with Crippen molar-refractivity contribution in [1.82, 2.24) is 19.7 Å². The van der Waals surface area contributed by atoms with E-state index in [1.807, 2.05) is 12.1 Å². The Morgan fingerprint density at radius 2 is 1.93 bits per heavy atom. The van der Waals surface area contributed by atoms with E-state index in [0.717, 1.165) is 11.1 Å². The number of carbonyl (C=O) groups is 1. The van der Waals surface area contributed by atoms with Gasteiger partial charge in [-0.25, -0.2) is 4.68 Å². The zero-order valence-electron chi connectivity index (χ0n) is 14.4. The minimum atomic E-state index is -0.541. The van der Waals surface area contributed by atoms with Gasteiger partial charge < -0.3 is 11.1 Å². The molecule has 3 aromatic rings. The summed E-state index contributed by atoms with van der Waals surface area (Å²) in [4.78, 5) is 20.7. The van der Waals surface area contributed by atoms with E-state index < -0.39 is 11.9 Å². The van der Waals surface area contributed by atoms with Gasteiger partial charge in [0.25, 0.3) is 0 Å². The van der Waals surface area contributed by atoms with E-state index in [-0.39, 0.29) is 0 Å². The minimum absolute atomic E-state index is 0.401. The Morgan fingerprint density at radius 1 is 1.22 bits per heavy atom. The molecular weight excluding hydrogens is 342 g/mol. The summed E-state index contributed by atoms with van der Waals surface area (Å²) in [5.74, 6) is 0.483. The van der Waals surface area contributed by atoms with Crippen molar-refractivity contribution in [2.75, 3.05) is 5.32 Å². The van der Waals surface area contributed by atoms with E-state index in [1.165, 1.54) is 0 Å². The molecule has 3 heterocycles. The topological polar surface area (TPSA) is 123 Å². The summed E-state index contributed by atoms with van der Waals surface area (Å²) in [5, 5.41) is 16.7. The maximum Gasteiger partial charge on any atom is 0.248 e. The number of hydrogen-bond acceptors (Lipinski definition) is 6. The lowest BCUT2D eigenvalue weighted by Gasteiger charge is -2.27. The maximum atomic E-state index is 12.2. The minimum Gasteiger partial charge on any atom is -0.366 e. The van der Waals surface area contributed by atoms with Gasteiger partial charge in [0.15, 0.2) is 5.82 Å². The number of aromatic nitrogens is 4. The monoisotopic (exact) mass is 357 g/mol. The SMILES string of the molecule is CC1=C(C(N)=O)C(c2ccc(C#N)cc2)n2nc(-c3ccncc3)nc2N1. The molecule has 132 valence electrons. The Bertz CT molecular complexity index is 1090. The van der Waals surface area contributed by atoms with Crippen LogP contribution in [0.25, 0.3) is 11.4 Å². The van der Waals surface area contributed by atoms with Gasteiger partial charge in [0.1, 0.15) is 6.04 Å². The maximum absolute atomic E-state index is 12.2. The molecule has 0 radical (unpaired) electrons. The molecule has 1 aromatic carbocycles. The summed E-state index contributed by atoms with van der Waals surface area (Å²) in [7, 11) is 0. The average molecular weight is 357 g/mol. The van der Waals surface area contributed by atoms with Crippen molar-refractivity contribution in [1.29, 1.82) is 5.26 Å². The molecule has 8 heteroatoms. The Balaban J connectivity index is 1.88. The molecule has 1 aliphatic heterocycles. The number of rotatable bonds is 3. The van der Waals surface area contributed by atoms with Gasteiger partial charge in [-0.3, -0.25) is 9.78 Å². The fourth-order valence-corrected chi connectivity index (χ4v) is 3.14. The zero-order chi connectivity index (χ0) is 19.0. The van der Waals surface area contributed by atoms with E-state index in [2.05, 4.69) is 26.5 Å². The van der Waals surface area contributed by atoms with Gasteiger partial charge in [-0.05, 0) is 36.8 Å². The lowest BCUT2D eigenvalue weighted by Crippen LogP contribution is -2.31. The first kappa shape index (κ1) is 16.5. The molecule has 0 saturated carbocycles. The number of primary amides is 1. The molecular formula is C19H15N7O. The number of fused-ring (bicyclic) bond motifs is 1. The van der Waals surface area contributed by atoms with Crippen LogP contribution in [0.15, 0.2) is 60.1 Å². The lowest BCUT2D eigenvalue weighted by atomic mass is 9.95. The highest BCUT2D eigenvalue weighted by atomic mass is 16.1. The van der Waals surface area contributed by atoms with Gasteiger partial charge >= 0.3 is 0 Å². The van der Waals surface area contributed by atoms with Crippen molar-refractivity contribution < 1.29 is 4.79 Å². The second-order valence-corrected chi connectivity index (χ2v) is 6.10. The molecule has 3 N–H and O–H groups in total. The molecule has 1 aliphatic rings. The number of benzene rings is 1. The van der Waals surface area contributed by atoms with Crippen LogP contribution < -0.4 is 11.1 Å². The van der Waals surface area contributed by atoms with Crippen LogP contribution in [0.5, 0.6) is 0 Å². The van der Waals surface area contributed by atoms with E-state index in [0.29, 0.717) is 28.6 Å². The Labute approximate surface area is 155 Å². The summed E-state index contributed by atoms with van der Waals surface area (Å²) < 4.78 is 1.64. The second kappa shape index (κ2) is 6.38. The van der Waals surface area contributed by atoms with Crippen molar-refractivity contribution in [3.05, 3.63) is 71.2 Å². The van der Waals surface area contributed by atoms with Crippen molar-refractivity contribution in [2.45, 2.75) is 13.0 Å². The van der Waals surface area contributed by atoms with Crippen molar-refractivity contribution in [3.63, 3.8) is 0 Å². The summed E-state index contributed by atoms with van der Waals surface area (Å²) >= 11 is 0. The third-order valence-electron chi connectivity index (χ3n) is 4.41. The van der Waals surface area contributed by atoms with Gasteiger partial charge in [-0.15, -0.1) is 5.10 Å². The highest BCUT2D eigenvalue weighted by molar-refractivity contribution is 5.95. The lowest BCUT2D eigenvalue weighted by molar-refractivity contribution is -0.115. The quantitative estimate of drug-likeness (QED) is 0.739. The van der Waals surface area contributed by atoms with Crippen LogP contribution in [0, 0.1) is 11.3 Å². The first-order valence-corrected chi connectivity index (χ1v) is 8.23. The number of nitrogens with one attached hydrogen (secondary N) is 1. The predicted molar refractivity (Wildman–Crippen MR) is 98.1 cm³/mol. The number of amides is 1. The summed E-state index contributed by atoms with van der Waals surface area (Å²) in [5.41, 5.74) is 8.81. The smallest absolute Gasteiger partial charge is 0.248 e. The van der Waals surface area contributed by atoms with E-state index in [9.17, 15) is 4.79 Å². The first-order valence-electron chi connectivity index (χ1n) is 8.23. The number of nitriles is 1. The fraction of sp³-hybridized carbons (Fsp3) is 0.105. The molecule has 1 atom stereocenters. The number of allylic oxidation sites excluding steroid dienone is 1. The molecule has 4 rings (SSSR count). The zero-order valence-corrected chi connectivity index (χ0v) is 14.4. The Morgan fingerprint density at radius 3 is 2.56 bits per heavy atom. The normalized spacial score (nSPS) is 15.6. The largest absolute Gasteiger partial charge is 0.366 e. The summed E-state index contributed by atoms with van der Waals surface area (Å²) in [6.45, 7) is 1.78. The van der Waals surface area contributed by atoms with Crippen LogP contribution in [0.1, 0.15) is 24.1 Å². The van der Waals surface area contributed by atoms with Crippen LogP contribution in [0.4, 0.5) is 5.95 Å². The van der Waals surface area contributed by atoms with Crippen LogP contribution in [0.3, 0.4) is 0 Å².